The molecule has 23 heavy (non-hydrogen) atoms. The lowest BCUT2D eigenvalue weighted by atomic mass is 9.64. The third-order valence-corrected chi connectivity index (χ3v) is 6.96. The molecule has 1 amide bonds. The molecule has 0 spiro atoms. The van der Waals surface area contributed by atoms with Crippen molar-refractivity contribution in [1.29, 1.82) is 0 Å². The fraction of sp³-hybridized carbons (Fsp3) is 0.556. The van der Waals surface area contributed by atoms with E-state index in [-0.39, 0.29) is 16.7 Å². The van der Waals surface area contributed by atoms with Crippen LogP contribution < -0.4 is 5.32 Å². The average molecular weight is 335 g/mol. The standard InChI is InChI=1S/C18H23ClN2O2/c1-11-9-12(19)5-6-13(11)20-15(22)18-8-7-17(4,16(18,2)3)14(10-18)21-23/h5-6,9,23H,7-8,10H2,1-4H3,(H,20,22). The first kappa shape index (κ1) is 16.3. The van der Waals surface area contributed by atoms with E-state index >= 15 is 0 Å². The normalized spacial score (nSPS) is 33.2. The van der Waals surface area contributed by atoms with Crippen LogP contribution in [0.25, 0.3) is 0 Å². The van der Waals surface area contributed by atoms with Crippen molar-refractivity contribution in [1.82, 2.24) is 0 Å². The molecule has 3 rings (SSSR count). The van der Waals surface area contributed by atoms with E-state index in [4.69, 9.17) is 11.6 Å². The van der Waals surface area contributed by atoms with E-state index in [0.717, 1.165) is 29.8 Å². The topological polar surface area (TPSA) is 61.7 Å². The summed E-state index contributed by atoms with van der Waals surface area (Å²) in [6, 6.07) is 5.46. The van der Waals surface area contributed by atoms with Crippen LogP contribution in [0.5, 0.6) is 0 Å². The number of amides is 1. The zero-order chi connectivity index (χ0) is 17.0. The Kier molecular flexibility index (Phi) is 3.53. The highest BCUT2D eigenvalue weighted by Gasteiger charge is 2.71. The van der Waals surface area contributed by atoms with E-state index in [9.17, 15) is 10.0 Å². The first-order chi connectivity index (χ1) is 10.7. The van der Waals surface area contributed by atoms with Gasteiger partial charge in [-0.1, -0.05) is 37.5 Å². The number of aryl methyl sites for hydroxylation is 1. The number of hydrogen-bond donors (Lipinski definition) is 2. The number of hydrogen-bond acceptors (Lipinski definition) is 3. The number of fused-ring (bicyclic) bond motifs is 2. The Morgan fingerprint density at radius 1 is 1.30 bits per heavy atom. The van der Waals surface area contributed by atoms with Gasteiger partial charge in [0.1, 0.15) is 0 Å². The lowest BCUT2D eigenvalue weighted by molar-refractivity contribution is -0.130. The minimum Gasteiger partial charge on any atom is -0.411 e. The largest absolute Gasteiger partial charge is 0.411 e. The van der Waals surface area contributed by atoms with Crippen LogP contribution in [0.1, 0.15) is 45.6 Å². The molecule has 1 aromatic carbocycles. The molecule has 1 aromatic rings. The number of halogens is 1. The van der Waals surface area contributed by atoms with Gasteiger partial charge < -0.3 is 10.5 Å². The Hall–Kier alpha value is -1.55. The number of carbonyl (C=O) groups is 1. The number of carbonyl (C=O) groups excluding carboxylic acids is 1. The predicted molar refractivity (Wildman–Crippen MR) is 92.2 cm³/mol. The van der Waals surface area contributed by atoms with Crippen molar-refractivity contribution in [2.24, 2.45) is 21.4 Å². The van der Waals surface area contributed by atoms with Crippen LogP contribution in [0.4, 0.5) is 5.69 Å². The van der Waals surface area contributed by atoms with Crippen molar-refractivity contribution < 1.29 is 10.0 Å². The van der Waals surface area contributed by atoms with Gasteiger partial charge in [0, 0.05) is 22.5 Å². The minimum atomic E-state index is -0.532. The van der Waals surface area contributed by atoms with Crippen molar-refractivity contribution in [3.63, 3.8) is 0 Å². The smallest absolute Gasteiger partial charge is 0.231 e. The molecule has 2 bridgehead atoms. The molecule has 0 radical (unpaired) electrons. The Bertz CT molecular complexity index is 713. The van der Waals surface area contributed by atoms with Gasteiger partial charge in [0.15, 0.2) is 0 Å². The summed E-state index contributed by atoms with van der Waals surface area (Å²) in [5, 5.41) is 16.6. The second-order valence-corrected chi connectivity index (χ2v) is 8.11. The minimum absolute atomic E-state index is 0.00953. The molecule has 124 valence electrons. The molecule has 2 N–H and O–H groups in total. The van der Waals surface area contributed by atoms with E-state index in [1.807, 2.05) is 19.1 Å². The Morgan fingerprint density at radius 3 is 2.57 bits per heavy atom. The van der Waals surface area contributed by atoms with Gasteiger partial charge in [0.05, 0.1) is 11.1 Å². The third kappa shape index (κ3) is 1.97. The van der Waals surface area contributed by atoms with Crippen LogP contribution in [-0.2, 0) is 4.79 Å². The van der Waals surface area contributed by atoms with Crippen molar-refractivity contribution in [2.45, 2.75) is 47.0 Å². The van der Waals surface area contributed by atoms with E-state index in [2.05, 4.69) is 31.2 Å². The van der Waals surface area contributed by atoms with E-state index < -0.39 is 5.41 Å². The van der Waals surface area contributed by atoms with Gasteiger partial charge >= 0.3 is 0 Å². The lowest BCUT2D eigenvalue weighted by Gasteiger charge is -2.39. The summed E-state index contributed by atoms with van der Waals surface area (Å²) in [4.78, 5) is 13.2. The van der Waals surface area contributed by atoms with Crippen molar-refractivity contribution >= 4 is 28.9 Å². The van der Waals surface area contributed by atoms with Crippen LogP contribution in [0.15, 0.2) is 23.4 Å². The van der Waals surface area contributed by atoms with Gasteiger partial charge in [-0.25, -0.2) is 0 Å². The Balaban J connectivity index is 1.96. The van der Waals surface area contributed by atoms with Crippen LogP contribution in [-0.4, -0.2) is 16.8 Å². The summed E-state index contributed by atoms with van der Waals surface area (Å²) in [6.07, 6.45) is 2.20. The maximum atomic E-state index is 13.2. The fourth-order valence-corrected chi connectivity index (χ4v) is 4.77. The highest BCUT2D eigenvalue weighted by molar-refractivity contribution is 6.30. The van der Waals surface area contributed by atoms with Gasteiger partial charge in [-0.15, -0.1) is 0 Å². The fourth-order valence-electron chi connectivity index (χ4n) is 4.54. The molecule has 2 unspecified atom stereocenters. The van der Waals surface area contributed by atoms with Gasteiger partial charge in [-0.05, 0) is 48.9 Å². The highest BCUT2D eigenvalue weighted by Crippen LogP contribution is 2.71. The van der Waals surface area contributed by atoms with Crippen LogP contribution in [0, 0.1) is 23.2 Å². The van der Waals surface area contributed by atoms with Gasteiger partial charge in [0.2, 0.25) is 5.91 Å². The summed E-state index contributed by atoms with van der Waals surface area (Å²) < 4.78 is 0. The number of nitrogens with one attached hydrogen (secondary N) is 1. The lowest BCUT2D eigenvalue weighted by Crippen LogP contribution is -2.43. The van der Waals surface area contributed by atoms with E-state index in [1.54, 1.807) is 6.07 Å². The highest BCUT2D eigenvalue weighted by atomic mass is 35.5. The number of rotatable bonds is 2. The molecule has 2 saturated carbocycles. The average Bonchev–Trinajstić information content (AvgIpc) is 2.79. The van der Waals surface area contributed by atoms with Gasteiger partial charge in [-0.3, -0.25) is 4.79 Å². The summed E-state index contributed by atoms with van der Waals surface area (Å²) in [5.41, 5.74) is 1.45. The summed E-state index contributed by atoms with van der Waals surface area (Å²) in [5.74, 6) is 0.00953. The number of oxime groups is 1. The molecule has 0 heterocycles. The summed E-state index contributed by atoms with van der Waals surface area (Å²) >= 11 is 5.99. The monoisotopic (exact) mass is 334 g/mol. The quantitative estimate of drug-likeness (QED) is 0.611. The van der Waals surface area contributed by atoms with Crippen molar-refractivity contribution in [2.75, 3.05) is 5.32 Å². The van der Waals surface area contributed by atoms with Crippen LogP contribution in [0.2, 0.25) is 5.02 Å². The molecule has 0 aromatic heterocycles. The van der Waals surface area contributed by atoms with E-state index in [0.29, 0.717) is 11.4 Å². The van der Waals surface area contributed by atoms with Crippen LogP contribution in [0.3, 0.4) is 0 Å². The van der Waals surface area contributed by atoms with Crippen LogP contribution >= 0.6 is 11.6 Å². The van der Waals surface area contributed by atoms with Gasteiger partial charge in [0.25, 0.3) is 0 Å². The molecule has 5 heteroatoms. The molecule has 2 fully saturated rings. The predicted octanol–water partition coefficient (Wildman–Crippen LogP) is 4.63. The Morgan fingerprint density at radius 2 is 2.00 bits per heavy atom. The molecule has 2 aliphatic rings. The second kappa shape index (κ2) is 4.97. The molecule has 4 nitrogen and oxygen atoms in total. The van der Waals surface area contributed by atoms with Gasteiger partial charge in [-0.2, -0.15) is 0 Å². The second-order valence-electron chi connectivity index (χ2n) is 7.68. The van der Waals surface area contributed by atoms with Crippen molar-refractivity contribution in [3.8, 4) is 0 Å². The first-order valence-corrected chi connectivity index (χ1v) is 8.35. The van der Waals surface area contributed by atoms with E-state index in [1.165, 1.54) is 0 Å². The molecular formula is C18H23ClN2O2. The first-order valence-electron chi connectivity index (χ1n) is 7.97. The molecule has 2 aliphatic carbocycles. The molecule has 2 atom stereocenters. The number of nitrogens with zero attached hydrogens (tertiary/aromatic N) is 1. The zero-order valence-corrected chi connectivity index (χ0v) is 14.8. The number of benzene rings is 1. The molecule has 0 saturated heterocycles. The van der Waals surface area contributed by atoms with Crippen molar-refractivity contribution in [3.05, 3.63) is 28.8 Å². The maximum Gasteiger partial charge on any atom is 0.231 e. The molecule has 0 aliphatic heterocycles. The number of anilines is 1. The Labute approximate surface area is 141 Å². The summed E-state index contributed by atoms with van der Waals surface area (Å²) in [6.45, 7) is 8.27. The third-order valence-electron chi connectivity index (χ3n) is 6.73. The summed E-state index contributed by atoms with van der Waals surface area (Å²) in [7, 11) is 0. The SMILES string of the molecule is Cc1cc(Cl)ccc1NC(=O)C12CCC(C)(C(=NO)C1)C2(C)C. The zero-order valence-electron chi connectivity index (χ0n) is 14.0. The molecular weight excluding hydrogens is 312 g/mol. The maximum absolute atomic E-state index is 13.2.